The fraction of sp³-hybridized carbons (Fsp3) is 0.700. The highest BCUT2D eigenvalue weighted by molar-refractivity contribution is 5.91. The van der Waals surface area contributed by atoms with Crippen LogP contribution in [0.5, 0.6) is 0 Å². The second-order valence-electron chi connectivity index (χ2n) is 3.24. The van der Waals surface area contributed by atoms with Gasteiger partial charge in [0.15, 0.2) is 5.78 Å². The fourth-order valence-electron chi connectivity index (χ4n) is 1.69. The van der Waals surface area contributed by atoms with Gasteiger partial charge in [-0.2, -0.15) is 0 Å². The maximum absolute atomic E-state index is 11.3. The SMILES string of the molecule is C/C=C\C(=O)C1CCCCC1. The maximum atomic E-state index is 11.3. The molecule has 0 atom stereocenters. The number of allylic oxidation sites excluding steroid dienone is 2. The molecule has 1 heteroatoms. The molecule has 0 aliphatic heterocycles. The van der Waals surface area contributed by atoms with Gasteiger partial charge >= 0.3 is 0 Å². The first-order valence-corrected chi connectivity index (χ1v) is 4.51. The molecule has 0 unspecified atom stereocenters. The molecule has 0 heterocycles. The van der Waals surface area contributed by atoms with Crippen molar-refractivity contribution in [3.05, 3.63) is 12.2 Å². The van der Waals surface area contributed by atoms with Gasteiger partial charge in [0.05, 0.1) is 0 Å². The van der Waals surface area contributed by atoms with Crippen LogP contribution in [0.25, 0.3) is 0 Å². The summed E-state index contributed by atoms with van der Waals surface area (Å²) >= 11 is 0. The molecule has 11 heavy (non-hydrogen) atoms. The van der Waals surface area contributed by atoms with Gasteiger partial charge in [0, 0.05) is 5.92 Å². The molecule has 0 aromatic carbocycles. The molecular weight excluding hydrogens is 136 g/mol. The Morgan fingerprint density at radius 1 is 1.27 bits per heavy atom. The summed E-state index contributed by atoms with van der Waals surface area (Å²) in [5.74, 6) is 0.687. The third-order valence-corrected chi connectivity index (χ3v) is 2.34. The molecule has 1 aliphatic rings. The van der Waals surface area contributed by atoms with E-state index in [0.29, 0.717) is 11.7 Å². The maximum Gasteiger partial charge on any atom is 0.158 e. The molecule has 1 fully saturated rings. The average Bonchev–Trinajstić information content (AvgIpc) is 2.07. The molecule has 1 saturated carbocycles. The smallest absolute Gasteiger partial charge is 0.158 e. The number of hydrogen-bond donors (Lipinski definition) is 0. The highest BCUT2D eigenvalue weighted by Crippen LogP contribution is 2.24. The molecule has 1 rings (SSSR count). The molecule has 0 spiro atoms. The topological polar surface area (TPSA) is 17.1 Å². The Morgan fingerprint density at radius 2 is 1.91 bits per heavy atom. The molecule has 0 aromatic rings. The Labute approximate surface area is 68.5 Å². The molecule has 62 valence electrons. The van der Waals surface area contributed by atoms with Crippen LogP contribution < -0.4 is 0 Å². The van der Waals surface area contributed by atoms with Crippen molar-refractivity contribution in [1.29, 1.82) is 0 Å². The van der Waals surface area contributed by atoms with E-state index in [0.717, 1.165) is 12.8 Å². The van der Waals surface area contributed by atoms with Crippen LogP contribution in [0.2, 0.25) is 0 Å². The lowest BCUT2D eigenvalue weighted by Crippen LogP contribution is -2.15. The van der Waals surface area contributed by atoms with E-state index in [1.165, 1.54) is 19.3 Å². The van der Waals surface area contributed by atoms with Gasteiger partial charge in [0.1, 0.15) is 0 Å². The minimum Gasteiger partial charge on any atom is -0.295 e. The zero-order valence-corrected chi connectivity index (χ0v) is 7.18. The van der Waals surface area contributed by atoms with E-state index in [1.807, 2.05) is 13.0 Å². The second kappa shape index (κ2) is 4.32. The molecule has 0 N–H and O–H groups in total. The van der Waals surface area contributed by atoms with Crippen LogP contribution in [0, 0.1) is 5.92 Å². The fourth-order valence-corrected chi connectivity index (χ4v) is 1.69. The Hall–Kier alpha value is -0.590. The first-order chi connectivity index (χ1) is 5.34. The Kier molecular flexibility index (Phi) is 3.34. The molecule has 0 amide bonds. The van der Waals surface area contributed by atoms with E-state index < -0.39 is 0 Å². The Balaban J connectivity index is 2.38. The first kappa shape index (κ1) is 8.51. The van der Waals surface area contributed by atoms with Gasteiger partial charge in [0.25, 0.3) is 0 Å². The van der Waals surface area contributed by atoms with Gasteiger partial charge in [0.2, 0.25) is 0 Å². The average molecular weight is 152 g/mol. The molecule has 0 bridgehead atoms. The summed E-state index contributed by atoms with van der Waals surface area (Å²) in [4.78, 5) is 11.3. The number of carbonyl (C=O) groups is 1. The van der Waals surface area contributed by atoms with Gasteiger partial charge in [-0.15, -0.1) is 0 Å². The van der Waals surface area contributed by atoms with Crippen molar-refractivity contribution in [1.82, 2.24) is 0 Å². The van der Waals surface area contributed by atoms with E-state index in [4.69, 9.17) is 0 Å². The van der Waals surface area contributed by atoms with Gasteiger partial charge in [-0.25, -0.2) is 0 Å². The van der Waals surface area contributed by atoms with Crippen molar-refractivity contribution in [2.24, 2.45) is 5.92 Å². The van der Waals surface area contributed by atoms with Crippen molar-refractivity contribution in [2.45, 2.75) is 39.0 Å². The van der Waals surface area contributed by atoms with Crippen LogP contribution in [-0.2, 0) is 4.79 Å². The lowest BCUT2D eigenvalue weighted by atomic mass is 9.86. The number of carbonyl (C=O) groups excluding carboxylic acids is 1. The summed E-state index contributed by atoms with van der Waals surface area (Å²) < 4.78 is 0. The largest absolute Gasteiger partial charge is 0.295 e. The predicted octanol–water partition coefficient (Wildman–Crippen LogP) is 2.71. The van der Waals surface area contributed by atoms with Crippen LogP contribution in [-0.4, -0.2) is 5.78 Å². The quantitative estimate of drug-likeness (QED) is 0.556. The zero-order valence-electron chi connectivity index (χ0n) is 7.18. The summed E-state index contributed by atoms with van der Waals surface area (Å²) in [6.45, 7) is 1.90. The lowest BCUT2D eigenvalue weighted by molar-refractivity contribution is -0.119. The number of rotatable bonds is 2. The molecule has 0 radical (unpaired) electrons. The summed E-state index contributed by atoms with van der Waals surface area (Å²) in [6, 6.07) is 0. The monoisotopic (exact) mass is 152 g/mol. The lowest BCUT2D eigenvalue weighted by Gasteiger charge is -2.18. The van der Waals surface area contributed by atoms with Crippen molar-refractivity contribution in [3.63, 3.8) is 0 Å². The Bertz CT molecular complexity index is 152. The highest BCUT2D eigenvalue weighted by Gasteiger charge is 2.18. The van der Waals surface area contributed by atoms with Crippen LogP contribution in [0.15, 0.2) is 12.2 Å². The van der Waals surface area contributed by atoms with E-state index >= 15 is 0 Å². The minimum atomic E-state index is 0.340. The van der Waals surface area contributed by atoms with Crippen LogP contribution >= 0.6 is 0 Å². The van der Waals surface area contributed by atoms with E-state index in [2.05, 4.69) is 0 Å². The standard InChI is InChI=1S/C10H16O/c1-2-6-10(11)9-7-4-3-5-8-9/h2,6,9H,3-5,7-8H2,1H3/b6-2-. The van der Waals surface area contributed by atoms with Gasteiger partial charge in [-0.05, 0) is 25.8 Å². The molecule has 1 aliphatic carbocycles. The molecular formula is C10H16O. The normalized spacial score (nSPS) is 20.8. The van der Waals surface area contributed by atoms with Crippen molar-refractivity contribution >= 4 is 5.78 Å². The minimum absolute atomic E-state index is 0.340. The van der Waals surface area contributed by atoms with Crippen LogP contribution in [0.4, 0.5) is 0 Å². The summed E-state index contributed by atoms with van der Waals surface area (Å²) in [5, 5.41) is 0. The first-order valence-electron chi connectivity index (χ1n) is 4.51. The molecule has 1 nitrogen and oxygen atoms in total. The predicted molar refractivity (Wildman–Crippen MR) is 46.4 cm³/mol. The third-order valence-electron chi connectivity index (χ3n) is 2.34. The second-order valence-corrected chi connectivity index (χ2v) is 3.24. The Morgan fingerprint density at radius 3 is 2.45 bits per heavy atom. The van der Waals surface area contributed by atoms with E-state index in [1.54, 1.807) is 6.08 Å². The van der Waals surface area contributed by atoms with E-state index in [-0.39, 0.29) is 0 Å². The molecule has 0 saturated heterocycles. The summed E-state index contributed by atoms with van der Waals surface area (Å²) in [7, 11) is 0. The zero-order chi connectivity index (χ0) is 8.10. The number of ketones is 1. The highest BCUT2D eigenvalue weighted by atomic mass is 16.1. The summed E-state index contributed by atoms with van der Waals surface area (Å²) in [6.07, 6.45) is 9.60. The van der Waals surface area contributed by atoms with Crippen molar-refractivity contribution in [3.8, 4) is 0 Å². The van der Waals surface area contributed by atoms with E-state index in [9.17, 15) is 4.79 Å². The van der Waals surface area contributed by atoms with Gasteiger partial charge in [-0.1, -0.05) is 25.3 Å². The van der Waals surface area contributed by atoms with Gasteiger partial charge < -0.3 is 0 Å². The third kappa shape index (κ3) is 2.49. The van der Waals surface area contributed by atoms with Crippen LogP contribution in [0.3, 0.4) is 0 Å². The van der Waals surface area contributed by atoms with Gasteiger partial charge in [-0.3, -0.25) is 4.79 Å². The van der Waals surface area contributed by atoms with Crippen molar-refractivity contribution < 1.29 is 4.79 Å². The summed E-state index contributed by atoms with van der Waals surface area (Å²) in [5.41, 5.74) is 0. The molecule has 0 aromatic heterocycles. The van der Waals surface area contributed by atoms with Crippen molar-refractivity contribution in [2.75, 3.05) is 0 Å². The van der Waals surface area contributed by atoms with Crippen LogP contribution in [0.1, 0.15) is 39.0 Å². The number of hydrogen-bond acceptors (Lipinski definition) is 1.